The number of thiophene rings is 1. The Balaban J connectivity index is 1.74. The van der Waals surface area contributed by atoms with E-state index >= 15 is 0 Å². The minimum atomic E-state index is -0.450. The van der Waals surface area contributed by atoms with Gasteiger partial charge in [0.2, 0.25) is 5.82 Å². The molecule has 0 saturated heterocycles. The fourth-order valence-electron chi connectivity index (χ4n) is 2.57. The number of nitrogens with one attached hydrogen (secondary N) is 1. The van der Waals surface area contributed by atoms with Crippen LogP contribution in [0.3, 0.4) is 0 Å². The first-order valence-corrected chi connectivity index (χ1v) is 8.99. The van der Waals surface area contributed by atoms with Gasteiger partial charge in [0.05, 0.1) is 10.6 Å². The van der Waals surface area contributed by atoms with Gasteiger partial charge in [0.25, 0.3) is 5.91 Å². The number of rotatable bonds is 4. The van der Waals surface area contributed by atoms with E-state index in [1.165, 1.54) is 28.2 Å². The molecule has 0 unspecified atom stereocenters. The van der Waals surface area contributed by atoms with Gasteiger partial charge in [0.1, 0.15) is 5.82 Å². The Morgan fingerprint density at radius 3 is 2.81 bits per heavy atom. The van der Waals surface area contributed by atoms with Crippen LogP contribution in [0.15, 0.2) is 60.1 Å². The zero-order valence-corrected chi connectivity index (χ0v) is 15.1. The lowest BCUT2D eigenvalue weighted by Gasteiger charge is -2.04. The van der Waals surface area contributed by atoms with Gasteiger partial charge in [-0.15, -0.1) is 16.4 Å². The highest BCUT2D eigenvalue weighted by molar-refractivity contribution is 7.13. The number of aryl methyl sites for hydroxylation is 1. The molecule has 3 aromatic heterocycles. The van der Waals surface area contributed by atoms with Crippen LogP contribution < -0.4 is 5.32 Å². The van der Waals surface area contributed by atoms with Crippen molar-refractivity contribution in [1.29, 1.82) is 0 Å². The highest BCUT2D eigenvalue weighted by Crippen LogP contribution is 2.26. The first-order valence-electron chi connectivity index (χ1n) is 8.11. The summed E-state index contributed by atoms with van der Waals surface area (Å²) in [7, 11) is 0. The second-order valence-electron chi connectivity index (χ2n) is 5.77. The number of carbonyl (C=O) groups is 1. The summed E-state index contributed by atoms with van der Waals surface area (Å²) in [5.74, 6) is -0.365. The standard InChI is InChI=1S/C19H14FN5OS/c1-12-10-14(7-8-21-12)22-19(26)17-23-18(16-6-3-9-27-16)25(24-17)15-5-2-4-13(20)11-15/h2-11H,1H3,(H,21,22,26). The van der Waals surface area contributed by atoms with Crippen molar-refractivity contribution >= 4 is 22.9 Å². The maximum atomic E-state index is 13.7. The molecule has 0 fully saturated rings. The van der Waals surface area contributed by atoms with E-state index in [0.29, 0.717) is 17.2 Å². The van der Waals surface area contributed by atoms with Gasteiger partial charge in [0, 0.05) is 17.6 Å². The summed E-state index contributed by atoms with van der Waals surface area (Å²) in [6.07, 6.45) is 1.61. The molecule has 0 saturated carbocycles. The van der Waals surface area contributed by atoms with Crippen molar-refractivity contribution in [2.45, 2.75) is 6.92 Å². The molecule has 0 radical (unpaired) electrons. The number of halogens is 1. The smallest absolute Gasteiger partial charge is 0.295 e. The molecule has 8 heteroatoms. The van der Waals surface area contributed by atoms with Crippen LogP contribution in [0.1, 0.15) is 16.3 Å². The lowest BCUT2D eigenvalue weighted by atomic mass is 10.3. The Labute approximate surface area is 158 Å². The molecule has 4 rings (SSSR count). The van der Waals surface area contributed by atoms with E-state index in [4.69, 9.17) is 0 Å². The SMILES string of the molecule is Cc1cc(NC(=O)c2nc(-c3cccs3)n(-c3cccc(F)c3)n2)ccn1. The monoisotopic (exact) mass is 379 g/mol. The molecule has 0 aliphatic heterocycles. The summed E-state index contributed by atoms with van der Waals surface area (Å²) >= 11 is 1.46. The first-order chi connectivity index (χ1) is 13.1. The number of nitrogens with zero attached hydrogens (tertiary/aromatic N) is 4. The fraction of sp³-hybridized carbons (Fsp3) is 0.0526. The number of amides is 1. The fourth-order valence-corrected chi connectivity index (χ4v) is 3.27. The average molecular weight is 379 g/mol. The number of anilines is 1. The normalized spacial score (nSPS) is 10.7. The number of aromatic nitrogens is 4. The zero-order valence-electron chi connectivity index (χ0n) is 14.3. The van der Waals surface area contributed by atoms with Crippen molar-refractivity contribution in [3.05, 3.63) is 77.4 Å². The van der Waals surface area contributed by atoms with Crippen LogP contribution in [0.2, 0.25) is 0 Å². The average Bonchev–Trinajstić information content (AvgIpc) is 3.31. The molecule has 6 nitrogen and oxygen atoms in total. The van der Waals surface area contributed by atoms with Crippen LogP contribution in [-0.4, -0.2) is 25.7 Å². The van der Waals surface area contributed by atoms with Gasteiger partial charge in [-0.25, -0.2) is 14.1 Å². The Kier molecular flexibility index (Phi) is 4.47. The molecule has 27 heavy (non-hydrogen) atoms. The lowest BCUT2D eigenvalue weighted by molar-refractivity contribution is 0.101. The largest absolute Gasteiger partial charge is 0.319 e. The van der Waals surface area contributed by atoms with E-state index in [0.717, 1.165) is 10.6 Å². The summed E-state index contributed by atoms with van der Waals surface area (Å²) < 4.78 is 15.1. The number of hydrogen-bond acceptors (Lipinski definition) is 5. The summed E-state index contributed by atoms with van der Waals surface area (Å²) in [5, 5.41) is 8.98. The van der Waals surface area contributed by atoms with Crippen LogP contribution in [0.25, 0.3) is 16.4 Å². The van der Waals surface area contributed by atoms with Crippen molar-refractivity contribution in [2.75, 3.05) is 5.32 Å². The number of pyridine rings is 1. The quantitative estimate of drug-likeness (QED) is 0.580. The summed E-state index contributed by atoms with van der Waals surface area (Å²) in [5.41, 5.74) is 1.88. The number of benzene rings is 1. The van der Waals surface area contributed by atoms with Crippen molar-refractivity contribution in [3.8, 4) is 16.4 Å². The van der Waals surface area contributed by atoms with E-state index < -0.39 is 11.7 Å². The Bertz CT molecular complexity index is 1110. The van der Waals surface area contributed by atoms with Gasteiger partial charge in [-0.3, -0.25) is 9.78 Å². The molecule has 0 spiro atoms. The molecule has 0 atom stereocenters. The third kappa shape index (κ3) is 3.61. The second kappa shape index (κ2) is 7.08. The highest BCUT2D eigenvalue weighted by atomic mass is 32.1. The molecule has 3 heterocycles. The van der Waals surface area contributed by atoms with Crippen molar-refractivity contribution in [2.24, 2.45) is 0 Å². The van der Waals surface area contributed by atoms with Crippen LogP contribution in [0.4, 0.5) is 10.1 Å². The van der Waals surface area contributed by atoms with E-state index in [-0.39, 0.29) is 5.82 Å². The van der Waals surface area contributed by atoms with Crippen molar-refractivity contribution in [3.63, 3.8) is 0 Å². The zero-order chi connectivity index (χ0) is 18.8. The van der Waals surface area contributed by atoms with Crippen LogP contribution in [0.5, 0.6) is 0 Å². The Hall–Kier alpha value is -3.39. The maximum absolute atomic E-state index is 13.7. The molecular formula is C19H14FN5OS. The predicted molar refractivity (Wildman–Crippen MR) is 102 cm³/mol. The lowest BCUT2D eigenvalue weighted by Crippen LogP contribution is -2.14. The van der Waals surface area contributed by atoms with Crippen molar-refractivity contribution < 1.29 is 9.18 Å². The second-order valence-corrected chi connectivity index (χ2v) is 6.72. The Morgan fingerprint density at radius 2 is 2.07 bits per heavy atom. The molecule has 4 aromatic rings. The summed E-state index contributed by atoms with van der Waals surface area (Å²) in [6, 6.07) is 13.2. The topological polar surface area (TPSA) is 72.7 Å². The third-order valence-electron chi connectivity index (χ3n) is 3.76. The molecular weight excluding hydrogens is 365 g/mol. The molecule has 134 valence electrons. The number of carbonyl (C=O) groups excluding carboxylic acids is 1. The van der Waals surface area contributed by atoms with Gasteiger partial charge < -0.3 is 5.32 Å². The van der Waals surface area contributed by atoms with Gasteiger partial charge >= 0.3 is 0 Å². The van der Waals surface area contributed by atoms with Gasteiger partial charge in [-0.2, -0.15) is 0 Å². The van der Waals surface area contributed by atoms with Crippen molar-refractivity contribution in [1.82, 2.24) is 19.7 Å². The first kappa shape index (κ1) is 17.0. The molecule has 1 amide bonds. The number of hydrogen-bond donors (Lipinski definition) is 1. The van der Waals surface area contributed by atoms with E-state index in [2.05, 4.69) is 20.4 Å². The van der Waals surface area contributed by atoms with Crippen LogP contribution >= 0.6 is 11.3 Å². The van der Waals surface area contributed by atoms with E-state index in [1.54, 1.807) is 30.5 Å². The van der Waals surface area contributed by atoms with E-state index in [9.17, 15) is 9.18 Å². The highest BCUT2D eigenvalue weighted by Gasteiger charge is 2.19. The predicted octanol–water partition coefficient (Wildman–Crippen LogP) is 4.09. The van der Waals surface area contributed by atoms with Gasteiger partial charge in [-0.1, -0.05) is 12.1 Å². The molecule has 1 N–H and O–H groups in total. The summed E-state index contributed by atoms with van der Waals surface area (Å²) in [6.45, 7) is 1.83. The van der Waals surface area contributed by atoms with Gasteiger partial charge in [-0.05, 0) is 48.7 Å². The molecule has 1 aromatic carbocycles. The molecule has 0 bridgehead atoms. The molecule has 0 aliphatic carbocycles. The minimum absolute atomic E-state index is 0.00266. The summed E-state index contributed by atoms with van der Waals surface area (Å²) in [4.78, 5) is 21.9. The van der Waals surface area contributed by atoms with Gasteiger partial charge in [0.15, 0.2) is 5.82 Å². The minimum Gasteiger partial charge on any atom is -0.319 e. The van der Waals surface area contributed by atoms with E-state index in [1.807, 2.05) is 24.4 Å². The van der Waals surface area contributed by atoms with Crippen LogP contribution in [-0.2, 0) is 0 Å². The Morgan fingerprint density at radius 1 is 1.19 bits per heavy atom. The maximum Gasteiger partial charge on any atom is 0.295 e. The third-order valence-corrected chi connectivity index (χ3v) is 4.62. The molecule has 0 aliphatic rings. The van der Waals surface area contributed by atoms with Crippen LogP contribution in [0, 0.1) is 12.7 Å².